The highest BCUT2D eigenvalue weighted by Gasteiger charge is 2.14. The molecule has 0 saturated heterocycles. The summed E-state index contributed by atoms with van der Waals surface area (Å²) in [6.07, 6.45) is 2.05. The summed E-state index contributed by atoms with van der Waals surface area (Å²) in [6.45, 7) is 3.64. The minimum Gasteiger partial charge on any atom is -0.481 e. The van der Waals surface area contributed by atoms with Crippen molar-refractivity contribution in [1.82, 2.24) is 0 Å². The second kappa shape index (κ2) is 6.74. The van der Waals surface area contributed by atoms with E-state index in [2.05, 4.69) is 0 Å². The molecule has 96 valence electrons. The Bertz CT molecular complexity index is 444. The van der Waals surface area contributed by atoms with Gasteiger partial charge in [0, 0.05) is 12.3 Å². The Morgan fingerprint density at radius 1 is 1.17 bits per heavy atom. The van der Waals surface area contributed by atoms with E-state index in [1.807, 2.05) is 44.2 Å². The standard InChI is InChI=1S/C15H18O3/c1-11(2)15(18)13(8-9-14(16)17)10-12-6-4-3-5-7-12/h3-7,10-11H,8-9H2,1-2H3,(H,16,17)/b13-10-. The summed E-state index contributed by atoms with van der Waals surface area (Å²) in [7, 11) is 0. The van der Waals surface area contributed by atoms with Crippen molar-refractivity contribution in [2.75, 3.05) is 0 Å². The summed E-state index contributed by atoms with van der Waals surface area (Å²) in [6, 6.07) is 9.47. The lowest BCUT2D eigenvalue weighted by molar-refractivity contribution is -0.136. The lowest BCUT2D eigenvalue weighted by Crippen LogP contribution is -2.11. The molecule has 0 unspecified atom stereocenters. The lowest BCUT2D eigenvalue weighted by atomic mass is 9.95. The van der Waals surface area contributed by atoms with E-state index in [1.54, 1.807) is 6.08 Å². The molecule has 0 aromatic heterocycles. The van der Waals surface area contributed by atoms with Crippen LogP contribution >= 0.6 is 0 Å². The van der Waals surface area contributed by atoms with Gasteiger partial charge in [0.05, 0.1) is 0 Å². The first-order valence-electron chi connectivity index (χ1n) is 6.02. The highest BCUT2D eigenvalue weighted by Crippen LogP contribution is 2.16. The van der Waals surface area contributed by atoms with Crippen LogP contribution in [-0.2, 0) is 9.59 Å². The maximum atomic E-state index is 12.0. The fourth-order valence-electron chi connectivity index (χ4n) is 1.63. The van der Waals surface area contributed by atoms with Gasteiger partial charge < -0.3 is 5.11 Å². The summed E-state index contributed by atoms with van der Waals surface area (Å²) in [5.41, 5.74) is 1.51. The van der Waals surface area contributed by atoms with Gasteiger partial charge in [-0.05, 0) is 23.6 Å². The van der Waals surface area contributed by atoms with Crippen LogP contribution in [0.25, 0.3) is 6.08 Å². The Hall–Kier alpha value is -1.90. The molecule has 0 aliphatic carbocycles. The van der Waals surface area contributed by atoms with E-state index in [9.17, 15) is 9.59 Å². The Labute approximate surface area is 107 Å². The number of allylic oxidation sites excluding steroid dienone is 1. The normalized spacial score (nSPS) is 11.6. The molecule has 0 amide bonds. The predicted molar refractivity (Wildman–Crippen MR) is 71.1 cm³/mol. The van der Waals surface area contributed by atoms with Crippen LogP contribution in [0, 0.1) is 5.92 Å². The Balaban J connectivity index is 2.93. The maximum Gasteiger partial charge on any atom is 0.303 e. The summed E-state index contributed by atoms with van der Waals surface area (Å²) >= 11 is 0. The van der Waals surface area contributed by atoms with Crippen LogP contribution in [0.15, 0.2) is 35.9 Å². The van der Waals surface area contributed by atoms with Crippen molar-refractivity contribution in [3.05, 3.63) is 41.5 Å². The number of benzene rings is 1. The molecule has 0 fully saturated rings. The molecular formula is C15H18O3. The Morgan fingerprint density at radius 3 is 2.28 bits per heavy atom. The van der Waals surface area contributed by atoms with Gasteiger partial charge >= 0.3 is 5.97 Å². The molecule has 1 N–H and O–H groups in total. The zero-order chi connectivity index (χ0) is 13.5. The summed E-state index contributed by atoms with van der Waals surface area (Å²) in [5.74, 6) is -0.987. The number of carbonyl (C=O) groups excluding carboxylic acids is 1. The highest BCUT2D eigenvalue weighted by atomic mass is 16.4. The van der Waals surface area contributed by atoms with E-state index in [1.165, 1.54) is 0 Å². The molecule has 1 aromatic carbocycles. The molecule has 3 heteroatoms. The van der Waals surface area contributed by atoms with Gasteiger partial charge in [-0.3, -0.25) is 9.59 Å². The average molecular weight is 246 g/mol. The summed E-state index contributed by atoms with van der Waals surface area (Å²) < 4.78 is 0. The van der Waals surface area contributed by atoms with E-state index in [0.717, 1.165) is 5.56 Å². The van der Waals surface area contributed by atoms with E-state index < -0.39 is 5.97 Å². The van der Waals surface area contributed by atoms with Crippen LogP contribution < -0.4 is 0 Å². The third kappa shape index (κ3) is 4.53. The molecule has 0 aliphatic rings. The first-order chi connectivity index (χ1) is 8.50. The van der Waals surface area contributed by atoms with Gasteiger partial charge in [-0.2, -0.15) is 0 Å². The van der Waals surface area contributed by atoms with E-state index in [4.69, 9.17) is 5.11 Å². The first kappa shape index (κ1) is 14.2. The summed E-state index contributed by atoms with van der Waals surface area (Å²) in [5, 5.41) is 8.71. The molecule has 0 radical (unpaired) electrons. The number of ketones is 1. The average Bonchev–Trinajstić information content (AvgIpc) is 2.34. The highest BCUT2D eigenvalue weighted by molar-refractivity contribution is 6.01. The third-order valence-corrected chi connectivity index (χ3v) is 2.59. The van der Waals surface area contributed by atoms with Crippen molar-refractivity contribution in [3.8, 4) is 0 Å². The second-order valence-corrected chi connectivity index (χ2v) is 4.49. The van der Waals surface area contributed by atoms with Crippen LogP contribution in [0.2, 0.25) is 0 Å². The van der Waals surface area contributed by atoms with Gasteiger partial charge in [0.15, 0.2) is 5.78 Å². The number of carbonyl (C=O) groups is 2. The number of hydrogen-bond acceptors (Lipinski definition) is 2. The van der Waals surface area contributed by atoms with Crippen molar-refractivity contribution in [3.63, 3.8) is 0 Å². The number of aliphatic carboxylic acids is 1. The third-order valence-electron chi connectivity index (χ3n) is 2.59. The van der Waals surface area contributed by atoms with Crippen molar-refractivity contribution in [2.24, 2.45) is 5.92 Å². The fourth-order valence-corrected chi connectivity index (χ4v) is 1.63. The van der Waals surface area contributed by atoms with Crippen LogP contribution in [0.4, 0.5) is 0 Å². The molecule has 0 aliphatic heterocycles. The van der Waals surface area contributed by atoms with Crippen molar-refractivity contribution in [2.45, 2.75) is 26.7 Å². The topological polar surface area (TPSA) is 54.4 Å². The number of carboxylic acids is 1. The zero-order valence-corrected chi connectivity index (χ0v) is 10.7. The quantitative estimate of drug-likeness (QED) is 0.784. The second-order valence-electron chi connectivity index (χ2n) is 4.49. The number of hydrogen-bond donors (Lipinski definition) is 1. The molecule has 0 bridgehead atoms. The minimum absolute atomic E-state index is 0.0140. The molecule has 18 heavy (non-hydrogen) atoms. The smallest absolute Gasteiger partial charge is 0.303 e. The van der Waals surface area contributed by atoms with Crippen molar-refractivity contribution in [1.29, 1.82) is 0 Å². The van der Waals surface area contributed by atoms with Gasteiger partial charge in [0.2, 0.25) is 0 Å². The van der Waals surface area contributed by atoms with Crippen molar-refractivity contribution < 1.29 is 14.7 Å². The van der Waals surface area contributed by atoms with E-state index >= 15 is 0 Å². The zero-order valence-electron chi connectivity index (χ0n) is 10.7. The van der Waals surface area contributed by atoms with Gasteiger partial charge in [-0.15, -0.1) is 0 Å². The fraction of sp³-hybridized carbons (Fsp3) is 0.333. The Morgan fingerprint density at radius 2 is 1.78 bits per heavy atom. The molecule has 1 aromatic rings. The largest absolute Gasteiger partial charge is 0.481 e. The molecule has 0 atom stereocenters. The van der Waals surface area contributed by atoms with Crippen LogP contribution in [0.5, 0.6) is 0 Å². The van der Waals surface area contributed by atoms with Gasteiger partial charge in [-0.1, -0.05) is 44.2 Å². The van der Waals surface area contributed by atoms with Gasteiger partial charge in [-0.25, -0.2) is 0 Å². The van der Waals surface area contributed by atoms with E-state index in [0.29, 0.717) is 5.57 Å². The summed E-state index contributed by atoms with van der Waals surface area (Å²) in [4.78, 5) is 22.6. The molecular weight excluding hydrogens is 228 g/mol. The molecule has 3 nitrogen and oxygen atoms in total. The molecule has 0 heterocycles. The minimum atomic E-state index is -0.884. The predicted octanol–water partition coefficient (Wildman–Crippen LogP) is 3.16. The molecule has 0 spiro atoms. The van der Waals surface area contributed by atoms with Crippen LogP contribution in [0.3, 0.4) is 0 Å². The first-order valence-corrected chi connectivity index (χ1v) is 6.02. The van der Waals surface area contributed by atoms with Crippen LogP contribution in [0.1, 0.15) is 32.3 Å². The molecule has 1 rings (SSSR count). The van der Waals surface area contributed by atoms with Crippen molar-refractivity contribution >= 4 is 17.8 Å². The SMILES string of the molecule is CC(C)C(=O)/C(=C\c1ccccc1)CCC(=O)O. The monoisotopic (exact) mass is 246 g/mol. The van der Waals surface area contributed by atoms with Gasteiger partial charge in [0.1, 0.15) is 0 Å². The number of Topliss-reactive ketones (excluding diaryl/α,β-unsaturated/α-hetero) is 1. The number of carboxylic acid groups (broad SMARTS) is 1. The Kier molecular flexibility index (Phi) is 5.31. The van der Waals surface area contributed by atoms with Gasteiger partial charge in [0.25, 0.3) is 0 Å². The van der Waals surface area contributed by atoms with E-state index in [-0.39, 0.29) is 24.5 Å². The maximum absolute atomic E-state index is 12.0. The lowest BCUT2D eigenvalue weighted by Gasteiger charge is -2.08. The van der Waals surface area contributed by atoms with Crippen LogP contribution in [-0.4, -0.2) is 16.9 Å². The molecule has 0 saturated carbocycles. The number of rotatable bonds is 6.